The van der Waals surface area contributed by atoms with Gasteiger partial charge in [0.2, 0.25) is 5.91 Å². The second-order valence-corrected chi connectivity index (χ2v) is 8.59. The summed E-state index contributed by atoms with van der Waals surface area (Å²) in [7, 11) is 0. The Balaban J connectivity index is 0.000000664. The molecule has 1 aliphatic heterocycles. The van der Waals surface area contributed by atoms with Crippen molar-refractivity contribution in [3.63, 3.8) is 0 Å². The van der Waals surface area contributed by atoms with Crippen LogP contribution in [-0.2, 0) is 4.79 Å². The van der Waals surface area contributed by atoms with Crippen molar-refractivity contribution < 1.29 is 4.79 Å². The van der Waals surface area contributed by atoms with Crippen molar-refractivity contribution in [3.8, 4) is 0 Å². The predicted molar refractivity (Wildman–Crippen MR) is 104 cm³/mol. The lowest BCUT2D eigenvalue weighted by Gasteiger charge is -2.01. The molecular formula is C20H41AlNO. The fourth-order valence-corrected chi connectivity index (χ4v) is 4.29. The SMILES string of the molecule is CCCCCCC[CH2][Al][CH2]CCCCCCC.O=C1CCCN1. The van der Waals surface area contributed by atoms with E-state index < -0.39 is 0 Å². The molecule has 0 aromatic heterocycles. The highest BCUT2D eigenvalue weighted by atomic mass is 27.1. The molecule has 1 aliphatic rings. The zero-order chi connectivity index (χ0) is 17.0. The third kappa shape index (κ3) is 20.0. The largest absolute Gasteiger partial charge is 0.356 e. The summed E-state index contributed by atoms with van der Waals surface area (Å²) in [5, 5.41) is 5.82. The molecule has 1 heterocycles. The van der Waals surface area contributed by atoms with Crippen LogP contribution in [0.15, 0.2) is 0 Å². The second kappa shape index (κ2) is 20.0. The Morgan fingerprint density at radius 1 is 0.783 bits per heavy atom. The summed E-state index contributed by atoms with van der Waals surface area (Å²) in [5.74, 6) is 0.204. The topological polar surface area (TPSA) is 29.1 Å². The Hall–Kier alpha value is 0.00247. The maximum Gasteiger partial charge on any atom is 0.220 e. The van der Waals surface area contributed by atoms with Crippen LogP contribution in [0.25, 0.3) is 0 Å². The fourth-order valence-electron chi connectivity index (χ4n) is 2.85. The van der Waals surface area contributed by atoms with E-state index in [4.69, 9.17) is 0 Å². The Kier molecular flexibility index (Phi) is 20.1. The van der Waals surface area contributed by atoms with E-state index >= 15 is 0 Å². The lowest BCUT2D eigenvalue weighted by Crippen LogP contribution is -2.12. The molecule has 3 heteroatoms. The number of carbonyl (C=O) groups excluding carboxylic acids is 1. The van der Waals surface area contributed by atoms with Gasteiger partial charge >= 0.3 is 0 Å². The van der Waals surface area contributed by atoms with Crippen molar-refractivity contribution in [2.45, 2.75) is 114 Å². The maximum atomic E-state index is 10.1. The van der Waals surface area contributed by atoms with Crippen molar-refractivity contribution in [1.29, 1.82) is 0 Å². The van der Waals surface area contributed by atoms with E-state index in [0.29, 0.717) is 0 Å². The van der Waals surface area contributed by atoms with Crippen LogP contribution in [0.1, 0.15) is 104 Å². The number of hydrogen-bond donors (Lipinski definition) is 1. The highest BCUT2D eigenvalue weighted by Crippen LogP contribution is 2.10. The standard InChI is InChI=1S/2C8H17.C4H7NO.Al/c2*1-3-5-7-8-6-4-2;6-4-2-1-3-5-4;/h2*1,3-8H2,2H3;1-3H2,(H,5,6);. The average molecular weight is 339 g/mol. The summed E-state index contributed by atoms with van der Waals surface area (Å²) in [6.07, 6.45) is 19.4. The average Bonchev–Trinajstić information content (AvgIpc) is 3.03. The normalized spacial score (nSPS) is 13.4. The molecule has 1 saturated heterocycles. The van der Waals surface area contributed by atoms with Gasteiger partial charge in [-0.3, -0.25) is 4.79 Å². The molecule has 0 unspecified atom stereocenters. The molecule has 2 nitrogen and oxygen atoms in total. The molecular weight excluding hydrogens is 297 g/mol. The van der Waals surface area contributed by atoms with Crippen LogP contribution in [0.2, 0.25) is 10.6 Å². The van der Waals surface area contributed by atoms with Crippen molar-refractivity contribution in [3.05, 3.63) is 0 Å². The number of unbranched alkanes of at least 4 members (excludes halogenated alkanes) is 10. The molecule has 1 amide bonds. The van der Waals surface area contributed by atoms with Crippen LogP contribution in [0.4, 0.5) is 0 Å². The van der Waals surface area contributed by atoms with Crippen LogP contribution < -0.4 is 5.32 Å². The molecule has 135 valence electrons. The molecule has 0 aromatic carbocycles. The van der Waals surface area contributed by atoms with Gasteiger partial charge in [-0.1, -0.05) is 90.9 Å². The first-order valence-corrected chi connectivity index (χ1v) is 12.0. The number of nitrogens with one attached hydrogen (secondary N) is 1. The van der Waals surface area contributed by atoms with Gasteiger partial charge in [-0.25, -0.2) is 0 Å². The number of amides is 1. The van der Waals surface area contributed by atoms with E-state index in [-0.39, 0.29) is 5.91 Å². The molecule has 0 aliphatic carbocycles. The summed E-state index contributed by atoms with van der Waals surface area (Å²) in [4.78, 5) is 10.1. The third-order valence-electron chi connectivity index (χ3n) is 4.43. The molecule has 0 spiro atoms. The van der Waals surface area contributed by atoms with E-state index in [1.54, 1.807) is 10.6 Å². The van der Waals surface area contributed by atoms with Gasteiger partial charge in [0.15, 0.2) is 15.2 Å². The minimum absolute atomic E-state index is 0.204. The lowest BCUT2D eigenvalue weighted by atomic mass is 10.1. The Morgan fingerprint density at radius 2 is 1.26 bits per heavy atom. The molecule has 0 aromatic rings. The molecule has 1 N–H and O–H groups in total. The van der Waals surface area contributed by atoms with Gasteiger partial charge in [-0.05, 0) is 6.42 Å². The van der Waals surface area contributed by atoms with Crippen LogP contribution >= 0.6 is 0 Å². The van der Waals surface area contributed by atoms with E-state index in [0.717, 1.165) is 34.6 Å². The minimum atomic E-state index is 0.204. The predicted octanol–water partition coefficient (Wildman–Crippen LogP) is 6.14. The quantitative estimate of drug-likeness (QED) is 0.299. The number of hydrogen-bond acceptors (Lipinski definition) is 1. The van der Waals surface area contributed by atoms with Crippen molar-refractivity contribution in [1.82, 2.24) is 5.32 Å². The van der Waals surface area contributed by atoms with Gasteiger partial charge < -0.3 is 5.32 Å². The molecule has 1 fully saturated rings. The zero-order valence-corrected chi connectivity index (χ0v) is 17.2. The molecule has 1 radical (unpaired) electrons. The number of rotatable bonds is 14. The van der Waals surface area contributed by atoms with E-state index in [2.05, 4.69) is 19.2 Å². The Morgan fingerprint density at radius 3 is 1.61 bits per heavy atom. The summed E-state index contributed by atoms with van der Waals surface area (Å²) in [5.41, 5.74) is 0. The monoisotopic (exact) mass is 338 g/mol. The van der Waals surface area contributed by atoms with Gasteiger partial charge in [-0.2, -0.15) is 0 Å². The summed E-state index contributed by atoms with van der Waals surface area (Å²) in [6.45, 7) is 5.48. The van der Waals surface area contributed by atoms with Gasteiger partial charge in [0.05, 0.1) is 0 Å². The molecule has 0 saturated carbocycles. The smallest absolute Gasteiger partial charge is 0.220 e. The third-order valence-corrected chi connectivity index (χ3v) is 6.06. The van der Waals surface area contributed by atoms with Crippen LogP contribution in [-0.4, -0.2) is 27.7 Å². The molecule has 1 rings (SSSR count). The van der Waals surface area contributed by atoms with Crippen LogP contribution in [0.3, 0.4) is 0 Å². The molecule has 0 bridgehead atoms. The van der Waals surface area contributed by atoms with Crippen LogP contribution in [0, 0.1) is 0 Å². The van der Waals surface area contributed by atoms with E-state index in [9.17, 15) is 4.79 Å². The zero-order valence-electron chi connectivity index (χ0n) is 16.0. The summed E-state index contributed by atoms with van der Waals surface area (Å²) in [6, 6.07) is 0. The van der Waals surface area contributed by atoms with Crippen molar-refractivity contribution in [2.75, 3.05) is 6.54 Å². The second-order valence-electron chi connectivity index (χ2n) is 6.86. The number of carbonyl (C=O) groups is 1. The van der Waals surface area contributed by atoms with Crippen molar-refractivity contribution in [2.24, 2.45) is 0 Å². The maximum absolute atomic E-state index is 10.1. The molecule has 23 heavy (non-hydrogen) atoms. The lowest BCUT2D eigenvalue weighted by molar-refractivity contribution is -0.119. The summed E-state index contributed by atoms with van der Waals surface area (Å²) >= 11 is 0.794. The minimum Gasteiger partial charge on any atom is -0.356 e. The van der Waals surface area contributed by atoms with Gasteiger partial charge in [0.1, 0.15) is 0 Å². The summed E-state index contributed by atoms with van der Waals surface area (Å²) < 4.78 is 0. The first kappa shape index (κ1) is 23.0. The first-order chi connectivity index (χ1) is 11.3. The van der Waals surface area contributed by atoms with Gasteiger partial charge in [0.25, 0.3) is 0 Å². The van der Waals surface area contributed by atoms with Gasteiger partial charge in [-0.15, -0.1) is 10.6 Å². The highest BCUT2D eigenvalue weighted by Gasteiger charge is 2.05. The van der Waals surface area contributed by atoms with Gasteiger partial charge in [0, 0.05) is 13.0 Å². The highest BCUT2D eigenvalue weighted by molar-refractivity contribution is 6.35. The molecule has 0 atom stereocenters. The van der Waals surface area contributed by atoms with Crippen molar-refractivity contribution >= 4 is 21.1 Å². The first-order valence-electron chi connectivity index (χ1n) is 10.4. The van der Waals surface area contributed by atoms with E-state index in [1.165, 1.54) is 77.0 Å². The fraction of sp³-hybridized carbons (Fsp3) is 0.950. The van der Waals surface area contributed by atoms with E-state index in [1.807, 2.05) is 0 Å². The van der Waals surface area contributed by atoms with Crippen LogP contribution in [0.5, 0.6) is 0 Å². The Labute approximate surface area is 152 Å². The Bertz CT molecular complexity index is 224.